The van der Waals surface area contributed by atoms with Crippen LogP contribution in [0.4, 0.5) is 0 Å². The van der Waals surface area contributed by atoms with Crippen molar-refractivity contribution in [1.82, 2.24) is 4.31 Å². The molecule has 0 heterocycles. The summed E-state index contributed by atoms with van der Waals surface area (Å²) in [4.78, 5) is 11.8. The predicted molar refractivity (Wildman–Crippen MR) is 92.3 cm³/mol. The van der Waals surface area contributed by atoms with E-state index in [0.29, 0.717) is 5.56 Å². The third-order valence-corrected chi connectivity index (χ3v) is 6.16. The van der Waals surface area contributed by atoms with Gasteiger partial charge in [-0.15, -0.1) is 0 Å². The fourth-order valence-corrected chi connectivity index (χ4v) is 4.03. The molecular formula is C18H21NO4S. The quantitative estimate of drug-likeness (QED) is 0.780. The van der Waals surface area contributed by atoms with Gasteiger partial charge in [-0.25, -0.2) is 13.2 Å². The van der Waals surface area contributed by atoms with Gasteiger partial charge < -0.3 is 4.74 Å². The molecule has 0 radical (unpaired) electrons. The maximum Gasteiger partial charge on any atom is 0.337 e. The summed E-state index contributed by atoms with van der Waals surface area (Å²) in [5, 5.41) is 0. The Hall–Kier alpha value is -2.18. The van der Waals surface area contributed by atoms with Crippen molar-refractivity contribution in [2.24, 2.45) is 0 Å². The lowest BCUT2D eigenvalue weighted by Crippen LogP contribution is -2.30. The van der Waals surface area contributed by atoms with Gasteiger partial charge in [-0.05, 0) is 37.1 Å². The number of hydrogen-bond donors (Lipinski definition) is 0. The second kappa shape index (κ2) is 7.15. The highest BCUT2D eigenvalue weighted by molar-refractivity contribution is 7.89. The molecule has 2 aromatic carbocycles. The average molecular weight is 347 g/mol. The van der Waals surface area contributed by atoms with Gasteiger partial charge in [-0.2, -0.15) is 4.31 Å². The molecule has 0 N–H and O–H groups in total. The van der Waals surface area contributed by atoms with Gasteiger partial charge in [0.2, 0.25) is 10.0 Å². The lowest BCUT2D eigenvalue weighted by Gasteiger charge is -2.25. The van der Waals surface area contributed by atoms with E-state index in [9.17, 15) is 13.2 Å². The standard InChI is InChI=1S/C18H21NO4S/c1-13-10-11-16(18(20)23-4)12-17(13)24(21,22)19(3)14(2)15-8-6-5-7-9-15/h5-12,14H,1-4H3. The summed E-state index contributed by atoms with van der Waals surface area (Å²) < 4.78 is 32.0. The first kappa shape index (κ1) is 18.2. The van der Waals surface area contributed by atoms with Crippen molar-refractivity contribution in [3.63, 3.8) is 0 Å². The van der Waals surface area contributed by atoms with Crippen LogP contribution in [0.15, 0.2) is 53.4 Å². The molecule has 0 saturated carbocycles. The highest BCUT2D eigenvalue weighted by Crippen LogP contribution is 2.28. The molecule has 0 aromatic heterocycles. The fourth-order valence-electron chi connectivity index (χ4n) is 2.43. The molecule has 0 fully saturated rings. The maximum absolute atomic E-state index is 13.0. The normalized spacial score (nSPS) is 12.9. The van der Waals surface area contributed by atoms with E-state index < -0.39 is 16.0 Å². The van der Waals surface area contributed by atoms with Crippen molar-refractivity contribution >= 4 is 16.0 Å². The van der Waals surface area contributed by atoms with Gasteiger partial charge in [-0.1, -0.05) is 36.4 Å². The first-order valence-electron chi connectivity index (χ1n) is 7.51. The van der Waals surface area contributed by atoms with Gasteiger partial charge in [0, 0.05) is 13.1 Å². The van der Waals surface area contributed by atoms with Crippen LogP contribution in [-0.2, 0) is 14.8 Å². The SMILES string of the molecule is COC(=O)c1ccc(C)c(S(=O)(=O)N(C)C(C)c2ccccc2)c1. The van der Waals surface area contributed by atoms with Crippen LogP contribution >= 0.6 is 0 Å². The van der Waals surface area contributed by atoms with Crippen LogP contribution in [0.25, 0.3) is 0 Å². The van der Waals surface area contributed by atoms with E-state index in [4.69, 9.17) is 0 Å². The summed E-state index contributed by atoms with van der Waals surface area (Å²) in [7, 11) is -0.953. The molecule has 0 aliphatic rings. The van der Waals surface area contributed by atoms with Crippen molar-refractivity contribution in [3.8, 4) is 0 Å². The Bertz CT molecular complexity index is 831. The Morgan fingerprint density at radius 1 is 1.12 bits per heavy atom. The number of benzene rings is 2. The summed E-state index contributed by atoms with van der Waals surface area (Å²) in [6, 6.07) is 13.6. The highest BCUT2D eigenvalue weighted by Gasteiger charge is 2.28. The smallest absolute Gasteiger partial charge is 0.337 e. The zero-order valence-corrected chi connectivity index (χ0v) is 15.0. The van der Waals surface area contributed by atoms with E-state index in [-0.39, 0.29) is 16.5 Å². The van der Waals surface area contributed by atoms with Gasteiger partial charge in [-0.3, -0.25) is 0 Å². The lowest BCUT2D eigenvalue weighted by molar-refractivity contribution is 0.0600. The first-order valence-corrected chi connectivity index (χ1v) is 8.95. The summed E-state index contributed by atoms with van der Waals surface area (Å²) in [6.07, 6.45) is 0. The number of ether oxygens (including phenoxy) is 1. The molecule has 24 heavy (non-hydrogen) atoms. The van der Waals surface area contributed by atoms with E-state index in [1.165, 1.54) is 24.5 Å². The number of aryl methyl sites for hydroxylation is 1. The number of carbonyl (C=O) groups is 1. The molecular weight excluding hydrogens is 326 g/mol. The van der Waals surface area contributed by atoms with Gasteiger partial charge >= 0.3 is 5.97 Å². The largest absolute Gasteiger partial charge is 0.465 e. The minimum Gasteiger partial charge on any atom is -0.465 e. The summed E-state index contributed by atoms with van der Waals surface area (Å²) >= 11 is 0. The highest BCUT2D eigenvalue weighted by atomic mass is 32.2. The Labute approximate surface area is 142 Å². The van der Waals surface area contributed by atoms with Gasteiger partial charge in [0.25, 0.3) is 0 Å². The van der Waals surface area contributed by atoms with Gasteiger partial charge in [0.05, 0.1) is 17.6 Å². The molecule has 5 nitrogen and oxygen atoms in total. The molecule has 0 spiro atoms. The summed E-state index contributed by atoms with van der Waals surface area (Å²) in [5.41, 5.74) is 1.68. The van der Waals surface area contributed by atoms with Crippen LogP contribution < -0.4 is 0 Å². The number of sulfonamides is 1. The molecule has 0 amide bonds. The van der Waals surface area contributed by atoms with Crippen LogP contribution in [0.3, 0.4) is 0 Å². The van der Waals surface area contributed by atoms with Crippen LogP contribution in [0.1, 0.15) is 34.5 Å². The monoisotopic (exact) mass is 347 g/mol. The molecule has 0 aliphatic carbocycles. The van der Waals surface area contributed by atoms with Crippen molar-refractivity contribution in [3.05, 3.63) is 65.2 Å². The molecule has 0 bridgehead atoms. The van der Waals surface area contributed by atoms with Crippen LogP contribution in [0, 0.1) is 6.92 Å². The number of methoxy groups -OCH3 is 1. The van der Waals surface area contributed by atoms with E-state index in [1.807, 2.05) is 37.3 Å². The number of esters is 1. The van der Waals surface area contributed by atoms with Crippen molar-refractivity contribution in [1.29, 1.82) is 0 Å². The van der Waals surface area contributed by atoms with Crippen molar-refractivity contribution in [2.45, 2.75) is 24.8 Å². The number of nitrogens with zero attached hydrogens (tertiary/aromatic N) is 1. The zero-order valence-electron chi connectivity index (χ0n) is 14.2. The molecule has 0 aliphatic heterocycles. The van der Waals surface area contributed by atoms with E-state index in [0.717, 1.165) is 5.56 Å². The first-order chi connectivity index (χ1) is 11.3. The zero-order chi connectivity index (χ0) is 17.9. The second-order valence-electron chi connectivity index (χ2n) is 5.58. The summed E-state index contributed by atoms with van der Waals surface area (Å²) in [5.74, 6) is -0.565. The Balaban J connectivity index is 2.44. The van der Waals surface area contributed by atoms with Gasteiger partial charge in [0.15, 0.2) is 0 Å². The molecule has 6 heteroatoms. The lowest BCUT2D eigenvalue weighted by atomic mass is 10.1. The van der Waals surface area contributed by atoms with E-state index in [2.05, 4.69) is 4.74 Å². The number of carbonyl (C=O) groups excluding carboxylic acids is 1. The Morgan fingerprint density at radius 2 is 1.75 bits per heavy atom. The number of rotatable bonds is 5. The predicted octanol–water partition coefficient (Wildman–Crippen LogP) is 3.16. The van der Waals surface area contributed by atoms with Crippen molar-refractivity contribution in [2.75, 3.05) is 14.2 Å². The van der Waals surface area contributed by atoms with Gasteiger partial charge in [0.1, 0.15) is 0 Å². The molecule has 0 saturated heterocycles. The van der Waals surface area contributed by atoms with Crippen LogP contribution in [-0.4, -0.2) is 32.8 Å². The topological polar surface area (TPSA) is 63.7 Å². The minimum atomic E-state index is -3.76. The maximum atomic E-state index is 13.0. The minimum absolute atomic E-state index is 0.107. The molecule has 2 aromatic rings. The molecule has 128 valence electrons. The molecule has 1 unspecified atom stereocenters. The van der Waals surface area contributed by atoms with E-state index in [1.54, 1.807) is 19.1 Å². The average Bonchev–Trinajstić information content (AvgIpc) is 2.60. The fraction of sp³-hybridized carbons (Fsp3) is 0.278. The number of hydrogen-bond acceptors (Lipinski definition) is 4. The Morgan fingerprint density at radius 3 is 2.33 bits per heavy atom. The third-order valence-electron chi connectivity index (χ3n) is 4.09. The summed E-state index contributed by atoms with van der Waals surface area (Å²) in [6.45, 7) is 3.53. The van der Waals surface area contributed by atoms with Crippen molar-refractivity contribution < 1.29 is 17.9 Å². The van der Waals surface area contributed by atoms with E-state index >= 15 is 0 Å². The Kier molecular flexibility index (Phi) is 5.41. The molecule has 1 atom stereocenters. The van der Waals surface area contributed by atoms with Crippen LogP contribution in [0.2, 0.25) is 0 Å². The third kappa shape index (κ3) is 3.49. The van der Waals surface area contributed by atoms with Crippen LogP contribution in [0.5, 0.6) is 0 Å². The second-order valence-corrected chi connectivity index (χ2v) is 7.55. The molecule has 2 rings (SSSR count).